The van der Waals surface area contributed by atoms with Crippen LogP contribution in [0.2, 0.25) is 18.1 Å². The highest BCUT2D eigenvalue weighted by Gasteiger charge is 2.37. The smallest absolute Gasteiger partial charge is 0.407 e. The van der Waals surface area contributed by atoms with Crippen molar-refractivity contribution in [1.82, 2.24) is 10.2 Å². The largest absolute Gasteiger partial charge is 0.465 e. The molecule has 0 bridgehead atoms. The molecule has 1 fully saturated rings. The number of rotatable bonds is 5. The van der Waals surface area contributed by atoms with E-state index in [-0.39, 0.29) is 11.1 Å². The van der Waals surface area contributed by atoms with E-state index < -0.39 is 14.4 Å². The minimum Gasteiger partial charge on any atom is -0.465 e. The molecule has 0 aliphatic carbocycles. The monoisotopic (exact) mass is 302 g/mol. The number of nitrogens with one attached hydrogen (secondary N) is 1. The average Bonchev–Trinajstić information content (AvgIpc) is 2.34. The Hall–Kier alpha value is -0.593. The van der Waals surface area contributed by atoms with Crippen molar-refractivity contribution in [3.8, 4) is 0 Å². The van der Waals surface area contributed by atoms with Crippen LogP contribution in [0.3, 0.4) is 0 Å². The summed E-state index contributed by atoms with van der Waals surface area (Å²) in [5, 5.41) is 12.8. The lowest BCUT2D eigenvalue weighted by Gasteiger charge is -2.38. The Bertz CT molecular complexity index is 323. The maximum absolute atomic E-state index is 11.4. The first kappa shape index (κ1) is 17.5. The molecule has 1 aliphatic rings. The minimum atomic E-state index is -1.79. The summed E-state index contributed by atoms with van der Waals surface area (Å²) in [4.78, 5) is 12.9. The zero-order valence-electron chi connectivity index (χ0n) is 13.5. The molecule has 0 aromatic heterocycles. The molecule has 6 heteroatoms. The molecule has 0 saturated carbocycles. The predicted octanol–water partition coefficient (Wildman–Crippen LogP) is 2.74. The van der Waals surface area contributed by atoms with Crippen LogP contribution in [0.15, 0.2) is 0 Å². The van der Waals surface area contributed by atoms with Crippen LogP contribution in [0.5, 0.6) is 0 Å². The highest BCUT2D eigenvalue weighted by Crippen LogP contribution is 2.36. The first-order chi connectivity index (χ1) is 9.15. The topological polar surface area (TPSA) is 61.8 Å². The molecule has 1 aliphatic heterocycles. The molecule has 1 unspecified atom stereocenters. The quantitative estimate of drug-likeness (QED) is 0.767. The van der Waals surface area contributed by atoms with Crippen molar-refractivity contribution >= 4 is 14.4 Å². The molecule has 1 amide bonds. The molecule has 1 heterocycles. The zero-order chi connectivity index (χ0) is 15.4. The van der Waals surface area contributed by atoms with E-state index in [1.807, 2.05) is 0 Å². The van der Waals surface area contributed by atoms with E-state index in [2.05, 4.69) is 39.2 Å². The molecule has 0 aromatic rings. The summed E-state index contributed by atoms with van der Waals surface area (Å²) in [6, 6.07) is 0.0873. The Balaban J connectivity index is 2.49. The van der Waals surface area contributed by atoms with Gasteiger partial charge in [0, 0.05) is 19.1 Å². The zero-order valence-corrected chi connectivity index (χ0v) is 14.5. The van der Waals surface area contributed by atoms with E-state index in [0.29, 0.717) is 13.2 Å². The lowest BCUT2D eigenvalue weighted by atomic mass is 10.1. The van der Waals surface area contributed by atoms with Gasteiger partial charge in [0.05, 0.1) is 6.61 Å². The summed E-state index contributed by atoms with van der Waals surface area (Å²) in [5.41, 5.74) is 0. The van der Waals surface area contributed by atoms with Crippen LogP contribution in [0.1, 0.15) is 33.6 Å². The van der Waals surface area contributed by atoms with Crippen LogP contribution in [0.4, 0.5) is 4.79 Å². The Labute approximate surface area is 123 Å². The second kappa shape index (κ2) is 6.91. The average molecular weight is 302 g/mol. The molecule has 0 aromatic carbocycles. The van der Waals surface area contributed by atoms with Gasteiger partial charge < -0.3 is 19.7 Å². The van der Waals surface area contributed by atoms with Gasteiger partial charge in [-0.2, -0.15) is 0 Å². The number of carboxylic acid groups (broad SMARTS) is 1. The molecule has 1 saturated heterocycles. The molecule has 5 nitrogen and oxygen atoms in total. The molecule has 20 heavy (non-hydrogen) atoms. The maximum Gasteiger partial charge on any atom is 0.407 e. The van der Waals surface area contributed by atoms with Crippen LogP contribution in [-0.2, 0) is 4.43 Å². The van der Waals surface area contributed by atoms with Gasteiger partial charge in [-0.05, 0) is 37.5 Å². The normalized spacial score (nSPS) is 20.8. The Kier molecular flexibility index (Phi) is 6.03. The van der Waals surface area contributed by atoms with E-state index in [9.17, 15) is 9.90 Å². The molecular formula is C14H30N2O3Si. The third-order valence-corrected chi connectivity index (χ3v) is 9.10. The van der Waals surface area contributed by atoms with Crippen LogP contribution < -0.4 is 5.32 Å². The van der Waals surface area contributed by atoms with Gasteiger partial charge in [0.25, 0.3) is 0 Å². The summed E-state index contributed by atoms with van der Waals surface area (Å²) in [7, 11) is -1.79. The van der Waals surface area contributed by atoms with Crippen molar-refractivity contribution in [1.29, 1.82) is 0 Å². The van der Waals surface area contributed by atoms with E-state index in [1.165, 1.54) is 0 Å². The number of hydrogen-bond donors (Lipinski definition) is 2. The van der Waals surface area contributed by atoms with Gasteiger partial charge in [0.1, 0.15) is 0 Å². The number of nitrogens with zero attached hydrogens (tertiary/aromatic N) is 1. The molecule has 1 atom stereocenters. The fourth-order valence-corrected chi connectivity index (χ4v) is 3.18. The molecule has 118 valence electrons. The minimum absolute atomic E-state index is 0.0873. The van der Waals surface area contributed by atoms with Crippen LogP contribution in [0, 0.1) is 0 Å². The van der Waals surface area contributed by atoms with E-state index in [4.69, 9.17) is 4.43 Å². The Morgan fingerprint density at radius 1 is 1.45 bits per heavy atom. The van der Waals surface area contributed by atoms with E-state index in [0.717, 1.165) is 25.9 Å². The van der Waals surface area contributed by atoms with Crippen molar-refractivity contribution in [2.24, 2.45) is 0 Å². The van der Waals surface area contributed by atoms with Crippen molar-refractivity contribution in [3.05, 3.63) is 0 Å². The first-order valence-electron chi connectivity index (χ1n) is 7.49. The number of carbonyl (C=O) groups is 1. The SMILES string of the molecule is CC(C)(C)[Si](C)(C)OCCN(C(=O)O)C1CCCNC1. The standard InChI is InChI=1S/C14H30N2O3Si/c1-14(2,3)20(4,5)19-10-9-16(13(17)18)12-7-6-8-15-11-12/h12,15H,6-11H2,1-5H3,(H,17,18). The third-order valence-electron chi connectivity index (χ3n) is 4.56. The fraction of sp³-hybridized carbons (Fsp3) is 0.929. The lowest BCUT2D eigenvalue weighted by molar-refractivity contribution is 0.102. The Morgan fingerprint density at radius 3 is 2.55 bits per heavy atom. The van der Waals surface area contributed by atoms with Gasteiger partial charge >= 0.3 is 6.09 Å². The summed E-state index contributed by atoms with van der Waals surface area (Å²) in [5.74, 6) is 0. The summed E-state index contributed by atoms with van der Waals surface area (Å²) in [6.45, 7) is 13.7. The predicted molar refractivity (Wildman–Crippen MR) is 83.8 cm³/mol. The van der Waals surface area contributed by atoms with Crippen molar-refractivity contribution in [3.63, 3.8) is 0 Å². The molecule has 1 rings (SSSR count). The second-order valence-electron chi connectivity index (χ2n) is 7.08. The van der Waals surface area contributed by atoms with Crippen LogP contribution >= 0.6 is 0 Å². The molecule has 2 N–H and O–H groups in total. The maximum atomic E-state index is 11.4. The summed E-state index contributed by atoms with van der Waals surface area (Å²) < 4.78 is 6.08. The third kappa shape index (κ3) is 4.75. The van der Waals surface area contributed by atoms with Gasteiger partial charge in [-0.3, -0.25) is 0 Å². The number of piperidine rings is 1. The molecule has 0 radical (unpaired) electrons. The molecule has 0 spiro atoms. The summed E-state index contributed by atoms with van der Waals surface area (Å²) in [6.07, 6.45) is 1.15. The van der Waals surface area contributed by atoms with Crippen molar-refractivity contribution < 1.29 is 14.3 Å². The van der Waals surface area contributed by atoms with Gasteiger partial charge in [-0.25, -0.2) is 4.79 Å². The highest BCUT2D eigenvalue weighted by molar-refractivity contribution is 6.74. The van der Waals surface area contributed by atoms with Gasteiger partial charge in [-0.15, -0.1) is 0 Å². The fourth-order valence-electron chi connectivity index (χ4n) is 2.15. The van der Waals surface area contributed by atoms with Crippen molar-refractivity contribution in [2.45, 2.75) is 57.8 Å². The first-order valence-corrected chi connectivity index (χ1v) is 10.4. The van der Waals surface area contributed by atoms with Crippen LogP contribution in [0.25, 0.3) is 0 Å². The Morgan fingerprint density at radius 2 is 2.10 bits per heavy atom. The van der Waals surface area contributed by atoms with Gasteiger partial charge in [-0.1, -0.05) is 20.8 Å². The number of hydrogen-bond acceptors (Lipinski definition) is 3. The van der Waals surface area contributed by atoms with E-state index in [1.54, 1.807) is 4.90 Å². The number of amides is 1. The second-order valence-corrected chi connectivity index (χ2v) is 11.9. The van der Waals surface area contributed by atoms with Crippen molar-refractivity contribution in [2.75, 3.05) is 26.2 Å². The van der Waals surface area contributed by atoms with Gasteiger partial charge in [0.2, 0.25) is 0 Å². The van der Waals surface area contributed by atoms with E-state index >= 15 is 0 Å². The lowest BCUT2D eigenvalue weighted by Crippen LogP contribution is -2.50. The highest BCUT2D eigenvalue weighted by atomic mass is 28.4. The summed E-state index contributed by atoms with van der Waals surface area (Å²) >= 11 is 0. The van der Waals surface area contributed by atoms with Crippen LogP contribution in [-0.4, -0.2) is 56.7 Å². The molecular weight excluding hydrogens is 272 g/mol. The van der Waals surface area contributed by atoms with Gasteiger partial charge in [0.15, 0.2) is 8.32 Å².